The maximum atomic E-state index is 6.97. The van der Waals surface area contributed by atoms with Crippen LogP contribution in [0.1, 0.15) is 25.0 Å². The molecule has 0 unspecified atom stereocenters. The van der Waals surface area contributed by atoms with Gasteiger partial charge >= 0.3 is 0 Å². The van der Waals surface area contributed by atoms with Crippen LogP contribution in [0.3, 0.4) is 0 Å². The Labute approximate surface area is 343 Å². The van der Waals surface area contributed by atoms with E-state index in [0.717, 1.165) is 44.4 Å². The first kappa shape index (κ1) is 33.7. The number of rotatable bonds is 5. The van der Waals surface area contributed by atoms with Crippen LogP contribution in [0.25, 0.3) is 87.6 Å². The summed E-state index contributed by atoms with van der Waals surface area (Å²) in [7, 11) is 0. The van der Waals surface area contributed by atoms with Crippen LogP contribution in [0, 0.1) is 0 Å². The highest BCUT2D eigenvalue weighted by Gasteiger charge is 2.37. The number of nitrogens with zero attached hydrogens (tertiary/aromatic N) is 1. The number of furan rings is 1. The average molecular weight is 754 g/mol. The topological polar surface area (TPSA) is 16.4 Å². The largest absolute Gasteiger partial charge is 0.455 e. The van der Waals surface area contributed by atoms with Gasteiger partial charge < -0.3 is 9.32 Å². The molecule has 0 atom stereocenters. The van der Waals surface area contributed by atoms with E-state index < -0.39 is 0 Å². The maximum Gasteiger partial charge on any atom is 0.143 e. The molecule has 0 fully saturated rings. The van der Waals surface area contributed by atoms with Crippen LogP contribution < -0.4 is 4.90 Å². The van der Waals surface area contributed by atoms with Gasteiger partial charge in [-0.05, 0) is 120 Å². The number of hydrogen-bond donors (Lipinski definition) is 0. The fourth-order valence-corrected chi connectivity index (χ4v) is 9.92. The van der Waals surface area contributed by atoms with E-state index >= 15 is 0 Å². The summed E-state index contributed by atoms with van der Waals surface area (Å²) in [5, 5.41) is 9.32. The third-order valence-corrected chi connectivity index (χ3v) is 12.8. The third kappa shape index (κ3) is 5.13. The first-order valence-corrected chi connectivity index (χ1v) is 20.5. The van der Waals surface area contributed by atoms with Crippen molar-refractivity contribution in [3.05, 3.63) is 211 Å². The molecule has 0 amide bonds. The SMILES string of the molecule is CC1(C)c2cc(-c3ccccc3)ccc2-c2c(-c3cc4c(oc5cccc(N(c6ccc7ccccc7c6)c6ccc7ccccc7c6)c54)c4ccccc34)cccc21. The van der Waals surface area contributed by atoms with Gasteiger partial charge in [-0.2, -0.15) is 0 Å². The molecule has 0 aliphatic heterocycles. The molecule has 2 heteroatoms. The lowest BCUT2D eigenvalue weighted by Crippen LogP contribution is -2.15. The molecule has 0 N–H and O–H groups in total. The fraction of sp³-hybridized carbons (Fsp3) is 0.0526. The van der Waals surface area contributed by atoms with E-state index in [9.17, 15) is 0 Å². The Kier molecular flexibility index (Phi) is 7.31. The summed E-state index contributed by atoms with van der Waals surface area (Å²) in [5.41, 5.74) is 15.2. The second kappa shape index (κ2) is 12.8. The summed E-state index contributed by atoms with van der Waals surface area (Å²) in [5.74, 6) is 0. The van der Waals surface area contributed by atoms with Crippen molar-refractivity contribution in [1.29, 1.82) is 0 Å². The van der Waals surface area contributed by atoms with Crippen LogP contribution in [0.5, 0.6) is 0 Å². The Bertz CT molecular complexity index is 3400. The molecule has 12 rings (SSSR count). The summed E-state index contributed by atoms with van der Waals surface area (Å²) in [4.78, 5) is 2.41. The highest BCUT2D eigenvalue weighted by molar-refractivity contribution is 6.23. The van der Waals surface area contributed by atoms with Crippen LogP contribution in [0.4, 0.5) is 17.1 Å². The molecule has 0 bridgehead atoms. The van der Waals surface area contributed by atoms with Crippen LogP contribution in [-0.2, 0) is 5.41 Å². The number of hydrogen-bond acceptors (Lipinski definition) is 2. The maximum absolute atomic E-state index is 6.97. The van der Waals surface area contributed by atoms with Gasteiger partial charge in [0.25, 0.3) is 0 Å². The minimum Gasteiger partial charge on any atom is -0.455 e. The lowest BCUT2D eigenvalue weighted by molar-refractivity contribution is 0.660. The van der Waals surface area contributed by atoms with Crippen molar-refractivity contribution in [3.8, 4) is 33.4 Å². The van der Waals surface area contributed by atoms with E-state index in [2.05, 4.69) is 219 Å². The lowest BCUT2D eigenvalue weighted by atomic mass is 9.81. The van der Waals surface area contributed by atoms with Gasteiger partial charge in [0.1, 0.15) is 11.2 Å². The van der Waals surface area contributed by atoms with E-state index in [4.69, 9.17) is 4.42 Å². The van der Waals surface area contributed by atoms with Crippen molar-refractivity contribution in [2.24, 2.45) is 0 Å². The molecule has 0 saturated carbocycles. The minimum atomic E-state index is -0.166. The predicted molar refractivity (Wildman–Crippen MR) is 249 cm³/mol. The molecule has 10 aromatic carbocycles. The highest BCUT2D eigenvalue weighted by Crippen LogP contribution is 2.55. The molecule has 1 aromatic heterocycles. The third-order valence-electron chi connectivity index (χ3n) is 12.8. The molecular formula is C57H39NO. The zero-order chi connectivity index (χ0) is 39.2. The quantitative estimate of drug-likeness (QED) is 0.174. The first-order chi connectivity index (χ1) is 29.0. The molecule has 0 radical (unpaired) electrons. The monoisotopic (exact) mass is 753 g/mol. The zero-order valence-corrected chi connectivity index (χ0v) is 32.9. The molecule has 59 heavy (non-hydrogen) atoms. The van der Waals surface area contributed by atoms with Gasteiger partial charge in [-0.1, -0.05) is 166 Å². The van der Waals surface area contributed by atoms with Crippen molar-refractivity contribution in [2.75, 3.05) is 4.90 Å². The minimum absolute atomic E-state index is 0.166. The fourth-order valence-electron chi connectivity index (χ4n) is 9.92. The van der Waals surface area contributed by atoms with E-state index in [1.807, 2.05) is 0 Å². The van der Waals surface area contributed by atoms with Gasteiger partial charge in [0, 0.05) is 27.6 Å². The number of fused-ring (bicyclic) bond motifs is 10. The van der Waals surface area contributed by atoms with Crippen molar-refractivity contribution in [3.63, 3.8) is 0 Å². The molecule has 0 saturated heterocycles. The molecule has 0 spiro atoms. The highest BCUT2D eigenvalue weighted by atomic mass is 16.3. The summed E-state index contributed by atoms with van der Waals surface area (Å²) in [6.07, 6.45) is 0. The Morgan fingerprint density at radius 1 is 0.407 bits per heavy atom. The van der Waals surface area contributed by atoms with Gasteiger partial charge in [0.15, 0.2) is 0 Å². The van der Waals surface area contributed by atoms with Gasteiger partial charge in [0.2, 0.25) is 0 Å². The standard InChI is InChI=1S/C57H39NO/c1-57(2)50-23-12-22-45(54(50)47-31-28-41(34-51(47)57)36-14-4-3-5-15-36)48-35-49-55-52(24-13-25-53(55)59-56(49)46-21-11-10-20-44(46)48)58(42-29-26-37-16-6-8-18-39(37)32-42)43-30-27-38-17-7-9-19-40(38)33-43/h3-35H,1-2H3. The van der Waals surface area contributed by atoms with Crippen LogP contribution >= 0.6 is 0 Å². The van der Waals surface area contributed by atoms with Gasteiger partial charge in [0.05, 0.1) is 11.1 Å². The molecule has 1 aliphatic rings. The molecule has 11 aromatic rings. The molecule has 2 nitrogen and oxygen atoms in total. The smallest absolute Gasteiger partial charge is 0.143 e. The van der Waals surface area contributed by atoms with E-state index in [1.165, 1.54) is 71.4 Å². The number of anilines is 3. The van der Waals surface area contributed by atoms with Crippen molar-refractivity contribution in [2.45, 2.75) is 19.3 Å². The Balaban J connectivity index is 1.13. The Hall–Kier alpha value is -7.42. The van der Waals surface area contributed by atoms with Gasteiger partial charge in [-0.25, -0.2) is 0 Å². The predicted octanol–water partition coefficient (Wildman–Crippen LogP) is 16.2. The Morgan fingerprint density at radius 2 is 1.05 bits per heavy atom. The van der Waals surface area contributed by atoms with E-state index in [-0.39, 0.29) is 5.41 Å². The zero-order valence-electron chi connectivity index (χ0n) is 32.9. The summed E-state index contributed by atoms with van der Waals surface area (Å²) >= 11 is 0. The van der Waals surface area contributed by atoms with Gasteiger partial charge in [-0.15, -0.1) is 0 Å². The first-order valence-electron chi connectivity index (χ1n) is 20.5. The second-order valence-corrected chi connectivity index (χ2v) is 16.5. The molecule has 1 heterocycles. The summed E-state index contributed by atoms with van der Waals surface area (Å²) in [6, 6.07) is 73.1. The number of benzene rings is 10. The van der Waals surface area contributed by atoms with Crippen molar-refractivity contribution in [1.82, 2.24) is 0 Å². The van der Waals surface area contributed by atoms with Crippen molar-refractivity contribution >= 4 is 71.3 Å². The van der Waals surface area contributed by atoms with E-state index in [1.54, 1.807) is 0 Å². The second-order valence-electron chi connectivity index (χ2n) is 16.5. The average Bonchev–Trinajstić information content (AvgIpc) is 3.78. The van der Waals surface area contributed by atoms with E-state index in [0.29, 0.717) is 0 Å². The van der Waals surface area contributed by atoms with Crippen molar-refractivity contribution < 1.29 is 4.42 Å². The summed E-state index contributed by atoms with van der Waals surface area (Å²) < 4.78 is 6.97. The van der Waals surface area contributed by atoms with Crippen LogP contribution in [-0.4, -0.2) is 0 Å². The molecule has 1 aliphatic carbocycles. The Morgan fingerprint density at radius 3 is 1.78 bits per heavy atom. The van der Waals surface area contributed by atoms with Crippen LogP contribution in [0.15, 0.2) is 205 Å². The normalized spacial score (nSPS) is 13.1. The molecule has 278 valence electrons. The van der Waals surface area contributed by atoms with Gasteiger partial charge in [-0.3, -0.25) is 0 Å². The summed E-state index contributed by atoms with van der Waals surface area (Å²) in [6.45, 7) is 4.75. The lowest BCUT2D eigenvalue weighted by Gasteiger charge is -2.27. The van der Waals surface area contributed by atoms with Crippen LogP contribution in [0.2, 0.25) is 0 Å². The molecular weight excluding hydrogens is 715 g/mol.